The van der Waals surface area contributed by atoms with E-state index in [1.807, 2.05) is 30.5 Å². The summed E-state index contributed by atoms with van der Waals surface area (Å²) < 4.78 is 0. The van der Waals surface area contributed by atoms with Crippen molar-refractivity contribution in [2.75, 3.05) is 0 Å². The number of aromatic nitrogens is 1. The summed E-state index contributed by atoms with van der Waals surface area (Å²) in [5, 5.41) is 0. The molecule has 1 aromatic rings. The molecule has 1 aromatic heterocycles. The van der Waals surface area contributed by atoms with Crippen LogP contribution in [-0.4, -0.2) is 4.98 Å². The minimum Gasteiger partial charge on any atom is -0.362 e. The summed E-state index contributed by atoms with van der Waals surface area (Å²) in [4.78, 5) is 3.12. The first-order valence-electron chi connectivity index (χ1n) is 3.65. The lowest BCUT2D eigenvalue weighted by molar-refractivity contribution is 1.37. The molecule has 1 nitrogen and oxygen atoms in total. The third kappa shape index (κ3) is 1.32. The molecule has 0 unspecified atom stereocenters. The number of hydrogen-bond acceptors (Lipinski definition) is 0. The van der Waals surface area contributed by atoms with Gasteiger partial charge in [0.1, 0.15) is 0 Å². The second kappa shape index (κ2) is 2.62. The number of aromatic amines is 1. The molecule has 0 aromatic carbocycles. The quantitative estimate of drug-likeness (QED) is 0.621. The Kier molecular flexibility index (Phi) is 1.48. The van der Waals surface area contributed by atoms with Gasteiger partial charge in [-0.3, -0.25) is 0 Å². The fraction of sp³-hybridized carbons (Fsp3) is 0. The van der Waals surface area contributed by atoms with Crippen molar-refractivity contribution < 1.29 is 0 Å². The zero-order valence-electron chi connectivity index (χ0n) is 6.12. The summed E-state index contributed by atoms with van der Waals surface area (Å²) in [5.74, 6) is 0. The second-order valence-corrected chi connectivity index (χ2v) is 2.49. The first-order valence-corrected chi connectivity index (χ1v) is 3.65. The number of H-pyrrole nitrogens is 1. The molecule has 0 fully saturated rings. The summed E-state index contributed by atoms with van der Waals surface area (Å²) in [5.41, 5.74) is 2.39. The molecule has 0 spiro atoms. The van der Waals surface area contributed by atoms with Crippen LogP contribution in [0.3, 0.4) is 0 Å². The third-order valence-electron chi connectivity index (χ3n) is 1.63. The molecule has 54 valence electrons. The summed E-state index contributed by atoms with van der Waals surface area (Å²) in [6.07, 6.45) is 12.3. The van der Waals surface area contributed by atoms with E-state index in [1.165, 1.54) is 5.57 Å². The highest BCUT2D eigenvalue weighted by atomic mass is 14.7. The van der Waals surface area contributed by atoms with Gasteiger partial charge in [-0.15, -0.1) is 0 Å². The van der Waals surface area contributed by atoms with Crippen molar-refractivity contribution in [2.24, 2.45) is 0 Å². The maximum atomic E-state index is 3.12. The van der Waals surface area contributed by atoms with Crippen LogP contribution in [0, 0.1) is 0 Å². The number of allylic oxidation sites excluding steroid dienone is 5. The van der Waals surface area contributed by atoms with Gasteiger partial charge in [0.05, 0.1) is 0 Å². The van der Waals surface area contributed by atoms with Crippen LogP contribution in [-0.2, 0) is 0 Å². The molecule has 1 heteroatoms. The molecular weight excluding hydrogens is 134 g/mol. The highest BCUT2D eigenvalue weighted by molar-refractivity contribution is 5.59. The lowest BCUT2D eigenvalue weighted by Crippen LogP contribution is -1.70. The average Bonchev–Trinajstić information content (AvgIpc) is 2.60. The van der Waals surface area contributed by atoms with Gasteiger partial charge in [-0.2, -0.15) is 0 Å². The molecule has 0 bridgehead atoms. The average molecular weight is 143 g/mol. The minimum atomic E-state index is 1.15. The topological polar surface area (TPSA) is 15.8 Å². The fourth-order valence-corrected chi connectivity index (χ4v) is 1.10. The Labute approximate surface area is 65.8 Å². The van der Waals surface area contributed by atoms with Crippen molar-refractivity contribution in [1.82, 2.24) is 4.98 Å². The first kappa shape index (κ1) is 6.23. The zero-order chi connectivity index (χ0) is 7.52. The Bertz CT molecular complexity index is 299. The Morgan fingerprint density at radius 1 is 1.18 bits per heavy atom. The standard InChI is InChI=1S/C10H9N/c1-2-5-9(4-1)8-10-6-3-7-11-10/h1-8,11H. The van der Waals surface area contributed by atoms with Gasteiger partial charge in [0, 0.05) is 11.9 Å². The lowest BCUT2D eigenvalue weighted by atomic mass is 10.2. The molecule has 2 rings (SSSR count). The van der Waals surface area contributed by atoms with Crippen LogP contribution in [0.4, 0.5) is 0 Å². The van der Waals surface area contributed by atoms with Gasteiger partial charge in [0.2, 0.25) is 0 Å². The molecule has 1 heterocycles. The zero-order valence-corrected chi connectivity index (χ0v) is 6.12. The van der Waals surface area contributed by atoms with Gasteiger partial charge in [0.15, 0.2) is 0 Å². The Balaban J connectivity index is 2.28. The van der Waals surface area contributed by atoms with Gasteiger partial charge in [-0.05, 0) is 23.8 Å². The van der Waals surface area contributed by atoms with Crippen molar-refractivity contribution in [3.63, 3.8) is 0 Å². The molecule has 0 saturated heterocycles. The van der Waals surface area contributed by atoms with Crippen molar-refractivity contribution in [3.05, 3.63) is 53.9 Å². The molecule has 1 N–H and O–H groups in total. The molecule has 0 aliphatic heterocycles. The van der Waals surface area contributed by atoms with Crippen LogP contribution >= 0.6 is 0 Å². The predicted molar refractivity (Wildman–Crippen MR) is 47.0 cm³/mol. The van der Waals surface area contributed by atoms with Gasteiger partial charge >= 0.3 is 0 Å². The van der Waals surface area contributed by atoms with Crippen LogP contribution in [0.2, 0.25) is 0 Å². The lowest BCUT2D eigenvalue weighted by Gasteiger charge is -1.87. The first-order chi connectivity index (χ1) is 5.45. The molecule has 0 atom stereocenters. The fourth-order valence-electron chi connectivity index (χ4n) is 1.10. The van der Waals surface area contributed by atoms with Crippen LogP contribution in [0.5, 0.6) is 0 Å². The monoisotopic (exact) mass is 143 g/mol. The number of hydrogen-bond donors (Lipinski definition) is 1. The van der Waals surface area contributed by atoms with E-state index in [-0.39, 0.29) is 0 Å². The van der Waals surface area contributed by atoms with E-state index >= 15 is 0 Å². The van der Waals surface area contributed by atoms with Crippen LogP contribution in [0.15, 0.2) is 48.2 Å². The van der Waals surface area contributed by atoms with Gasteiger partial charge < -0.3 is 4.98 Å². The summed E-state index contributed by atoms with van der Waals surface area (Å²) in [6, 6.07) is 4.04. The van der Waals surface area contributed by atoms with Crippen molar-refractivity contribution >= 4 is 6.08 Å². The van der Waals surface area contributed by atoms with E-state index < -0.39 is 0 Å². The highest BCUT2D eigenvalue weighted by Gasteiger charge is 1.91. The molecule has 0 amide bonds. The van der Waals surface area contributed by atoms with E-state index in [1.54, 1.807) is 0 Å². The van der Waals surface area contributed by atoms with Gasteiger partial charge in [-0.25, -0.2) is 0 Å². The third-order valence-corrected chi connectivity index (χ3v) is 1.63. The molecular formula is C10H9N. The van der Waals surface area contributed by atoms with Crippen molar-refractivity contribution in [1.29, 1.82) is 0 Å². The van der Waals surface area contributed by atoms with Crippen molar-refractivity contribution in [3.8, 4) is 0 Å². The normalized spacial score (nSPS) is 14.4. The maximum Gasteiger partial charge on any atom is 0.0386 e. The largest absolute Gasteiger partial charge is 0.362 e. The molecule has 1 aliphatic rings. The second-order valence-electron chi connectivity index (χ2n) is 2.49. The van der Waals surface area contributed by atoms with Crippen molar-refractivity contribution in [2.45, 2.75) is 0 Å². The van der Waals surface area contributed by atoms with Gasteiger partial charge in [-0.1, -0.05) is 24.3 Å². The van der Waals surface area contributed by atoms with Crippen LogP contribution in [0.25, 0.3) is 6.08 Å². The summed E-state index contributed by atoms with van der Waals surface area (Å²) >= 11 is 0. The molecule has 0 radical (unpaired) electrons. The number of nitrogens with one attached hydrogen (secondary N) is 1. The predicted octanol–water partition coefficient (Wildman–Crippen LogP) is 2.52. The van der Waals surface area contributed by atoms with Crippen LogP contribution in [0.1, 0.15) is 5.69 Å². The highest BCUT2D eigenvalue weighted by Crippen LogP contribution is 2.11. The maximum absolute atomic E-state index is 3.12. The Morgan fingerprint density at radius 3 is 2.64 bits per heavy atom. The van der Waals surface area contributed by atoms with E-state index in [9.17, 15) is 0 Å². The Morgan fingerprint density at radius 2 is 2.00 bits per heavy atom. The smallest absolute Gasteiger partial charge is 0.0386 e. The SMILES string of the molecule is C1=CC(=Cc2ccc[nH]2)C=C1. The van der Waals surface area contributed by atoms with E-state index in [2.05, 4.69) is 23.2 Å². The number of rotatable bonds is 1. The molecule has 11 heavy (non-hydrogen) atoms. The van der Waals surface area contributed by atoms with Crippen LogP contribution < -0.4 is 0 Å². The molecule has 1 aliphatic carbocycles. The Hall–Kier alpha value is -1.50. The van der Waals surface area contributed by atoms with E-state index in [4.69, 9.17) is 0 Å². The van der Waals surface area contributed by atoms with Gasteiger partial charge in [0.25, 0.3) is 0 Å². The molecule has 0 saturated carbocycles. The van der Waals surface area contributed by atoms with E-state index in [0.29, 0.717) is 0 Å². The minimum absolute atomic E-state index is 1.15. The summed E-state index contributed by atoms with van der Waals surface area (Å²) in [6.45, 7) is 0. The van der Waals surface area contributed by atoms with E-state index in [0.717, 1.165) is 5.69 Å². The summed E-state index contributed by atoms with van der Waals surface area (Å²) in [7, 11) is 0.